The standard InChI is InChI=1S/C70H47N3.C64H42ClN3.C6H7BO2/c1-4-16-48(17-5-1)55-22-12-25-58(42-55)59-26-13-23-56(43-59)50-32-36-52(37-33-50)66-47-67(72-70(71-66)54-20-8-3-9-21-54)53-38-34-51(35-39-53)57-24-14-27-60(44-57)62-40-41-65-64-30-10-11-31-68(64)73(69(65)46-62)63-29-15-28-61(45-63)49-18-6-2-7-19-49;65-64-66-60(47-31-27-45(28-32-47)50-18-10-21-53(38-50)52-20-9-17-49(37-52)43-13-3-1-4-14-43)42-61(67-64)48-33-29-46(30-34-48)51-19-11-22-54(39-51)56-35-36-59-58-25-7-8-26-62(58)68(63(59)41-56)57-24-12-23-55(40-57)44-15-5-2-6-16-44;8-7(9)6-4-2-1-3-5-6/h1-47H;1-42H;1-5,8-9H. The van der Waals surface area contributed by atoms with Crippen LogP contribution in [0, 0.1) is 0 Å². The van der Waals surface area contributed by atoms with Gasteiger partial charge in [0.25, 0.3) is 0 Å². The summed E-state index contributed by atoms with van der Waals surface area (Å²) >= 11 is 6.62. The predicted molar refractivity (Wildman–Crippen MR) is 626 cm³/mol. The first kappa shape index (κ1) is 93.2. The SMILES string of the molecule is Clc1nc(-c2ccc(-c3cccc(-c4cccc(-c5ccccc5)c4)c3)cc2)cc(-c2ccc(-c3cccc(-c4ccc5c6ccccc6n(-c6cccc(-c7ccccc7)c6)c5c4)c3)cc2)n1.OB(O)c1ccccc1.c1ccc(-c2cccc(-c3cccc(-c4ccc(-c5cc(-c6ccc(-c7cccc(-c8ccc9c%10ccccc%10n(-c%10cccc(-c%11ccccc%11)c%10)c9c8)c7)cc6)nc(-c6ccccc6)n5)cc4)c3)c2)cc1. The Morgan fingerprint density at radius 2 is 0.353 bits per heavy atom. The highest BCUT2D eigenvalue weighted by Gasteiger charge is 2.22. The van der Waals surface area contributed by atoms with Crippen molar-refractivity contribution in [3.63, 3.8) is 0 Å². The molecule has 0 radical (unpaired) electrons. The van der Waals surface area contributed by atoms with Gasteiger partial charge in [0, 0.05) is 60.7 Å². The van der Waals surface area contributed by atoms with Gasteiger partial charge in [-0.15, -0.1) is 0 Å². The number of hydrogen-bond acceptors (Lipinski definition) is 6. The van der Waals surface area contributed by atoms with Crippen LogP contribution in [0.2, 0.25) is 5.28 Å². The second kappa shape index (κ2) is 42.3. The van der Waals surface area contributed by atoms with Crippen molar-refractivity contribution in [1.29, 1.82) is 0 Å². The lowest BCUT2D eigenvalue weighted by molar-refractivity contribution is 0.426. The molecule has 0 saturated heterocycles. The molecule has 0 saturated carbocycles. The van der Waals surface area contributed by atoms with E-state index < -0.39 is 7.12 Å². The maximum absolute atomic E-state index is 8.58. The van der Waals surface area contributed by atoms with Crippen LogP contribution in [-0.4, -0.2) is 46.2 Å². The Labute approximate surface area is 877 Å². The first-order valence-corrected chi connectivity index (χ1v) is 50.9. The van der Waals surface area contributed by atoms with Crippen LogP contribution in [0.3, 0.4) is 0 Å². The summed E-state index contributed by atoms with van der Waals surface area (Å²) in [5.74, 6) is 0.694. The fourth-order valence-corrected chi connectivity index (χ4v) is 20.6. The van der Waals surface area contributed by atoms with E-state index in [0.29, 0.717) is 11.3 Å². The van der Waals surface area contributed by atoms with Gasteiger partial charge >= 0.3 is 7.12 Å². The minimum absolute atomic E-state index is 0.212. The molecule has 708 valence electrons. The molecule has 0 atom stereocenters. The van der Waals surface area contributed by atoms with Crippen molar-refractivity contribution >= 4 is 67.8 Å². The molecule has 22 aromatic carbocycles. The zero-order valence-electron chi connectivity index (χ0n) is 81.8. The smallest absolute Gasteiger partial charge is 0.423 e. The van der Waals surface area contributed by atoms with Crippen molar-refractivity contribution < 1.29 is 10.0 Å². The fourth-order valence-electron chi connectivity index (χ4n) is 20.4. The van der Waals surface area contributed by atoms with Gasteiger partial charge in [0.1, 0.15) is 0 Å². The van der Waals surface area contributed by atoms with Crippen molar-refractivity contribution in [3.05, 3.63) is 576 Å². The summed E-state index contributed by atoms with van der Waals surface area (Å²) < 4.78 is 4.81. The second-order valence-electron chi connectivity index (χ2n) is 37.5. The van der Waals surface area contributed by atoms with E-state index in [1.807, 2.05) is 30.3 Å². The average Bonchev–Trinajstić information content (AvgIpc) is 1.59. The van der Waals surface area contributed by atoms with Gasteiger partial charge in [-0.1, -0.05) is 473 Å². The summed E-state index contributed by atoms with van der Waals surface area (Å²) in [6.07, 6.45) is 0. The Bertz CT molecular complexity index is 9380. The van der Waals surface area contributed by atoms with Gasteiger partial charge in [0.15, 0.2) is 5.82 Å². The second-order valence-corrected chi connectivity index (χ2v) is 37.9. The van der Waals surface area contributed by atoms with Gasteiger partial charge in [0.2, 0.25) is 5.28 Å². The molecule has 0 aliphatic heterocycles. The van der Waals surface area contributed by atoms with E-state index in [2.05, 4.69) is 535 Å². The number of halogens is 1. The highest BCUT2D eigenvalue weighted by Crippen LogP contribution is 2.44. The van der Waals surface area contributed by atoms with E-state index in [1.165, 1.54) is 127 Å². The number of hydrogen-bond donors (Lipinski definition) is 2. The molecule has 26 rings (SSSR count). The van der Waals surface area contributed by atoms with Crippen molar-refractivity contribution in [2.45, 2.75) is 0 Å². The molecular formula is C140H96BClN6O2. The summed E-state index contributed by atoms with van der Waals surface area (Å²) in [5.41, 5.74) is 44.0. The van der Waals surface area contributed by atoms with Crippen molar-refractivity contribution in [2.24, 2.45) is 0 Å². The molecule has 0 unspecified atom stereocenters. The minimum atomic E-state index is -1.34. The number of rotatable bonds is 20. The van der Waals surface area contributed by atoms with Gasteiger partial charge in [-0.05, 0) is 248 Å². The van der Waals surface area contributed by atoms with Gasteiger partial charge in [0.05, 0.1) is 44.8 Å². The predicted octanol–water partition coefficient (Wildman–Crippen LogP) is 35.5. The van der Waals surface area contributed by atoms with Gasteiger partial charge in [-0.2, -0.15) is 0 Å². The fraction of sp³-hybridized carbons (Fsp3) is 0. The number of benzene rings is 22. The average molecular weight is 1940 g/mol. The molecule has 0 aliphatic rings. The lowest BCUT2D eigenvalue weighted by Gasteiger charge is -2.12. The van der Waals surface area contributed by atoms with Crippen LogP contribution < -0.4 is 5.46 Å². The summed E-state index contributed by atoms with van der Waals surface area (Å²) in [6.45, 7) is 0. The van der Waals surface area contributed by atoms with E-state index in [-0.39, 0.29) is 5.28 Å². The number of aromatic nitrogens is 6. The summed E-state index contributed by atoms with van der Waals surface area (Å²) in [7, 11) is -1.34. The third-order valence-electron chi connectivity index (χ3n) is 28.1. The van der Waals surface area contributed by atoms with Crippen LogP contribution in [0.15, 0.2) is 570 Å². The molecule has 0 aliphatic carbocycles. The quantitative estimate of drug-likeness (QED) is 0.0582. The molecule has 4 heterocycles. The molecule has 2 N–H and O–H groups in total. The monoisotopic (exact) mass is 1940 g/mol. The first-order chi connectivity index (χ1) is 74.0. The van der Waals surface area contributed by atoms with Gasteiger partial charge in [-0.3, -0.25) is 0 Å². The maximum Gasteiger partial charge on any atom is 0.488 e. The zero-order valence-corrected chi connectivity index (χ0v) is 82.6. The van der Waals surface area contributed by atoms with Crippen molar-refractivity contribution in [2.75, 3.05) is 0 Å². The van der Waals surface area contributed by atoms with E-state index in [0.717, 1.165) is 112 Å². The molecule has 26 aromatic rings. The van der Waals surface area contributed by atoms with E-state index in [9.17, 15) is 0 Å². The molecule has 0 amide bonds. The van der Waals surface area contributed by atoms with E-state index in [4.69, 9.17) is 31.6 Å². The molecule has 0 bridgehead atoms. The van der Waals surface area contributed by atoms with E-state index >= 15 is 0 Å². The van der Waals surface area contributed by atoms with Crippen LogP contribution >= 0.6 is 11.6 Å². The Kier molecular flexibility index (Phi) is 26.3. The maximum atomic E-state index is 8.58. The van der Waals surface area contributed by atoms with Gasteiger partial charge in [-0.25, -0.2) is 19.9 Å². The highest BCUT2D eigenvalue weighted by molar-refractivity contribution is 6.58. The Morgan fingerprint density at radius 3 is 0.633 bits per heavy atom. The third kappa shape index (κ3) is 20.0. The number of fused-ring (bicyclic) bond motifs is 6. The minimum Gasteiger partial charge on any atom is -0.423 e. The Balaban J connectivity index is 0.000000147. The molecule has 8 nitrogen and oxygen atoms in total. The van der Waals surface area contributed by atoms with Gasteiger partial charge < -0.3 is 19.2 Å². The van der Waals surface area contributed by atoms with Crippen LogP contribution in [0.1, 0.15) is 0 Å². The Hall–Kier alpha value is -19.1. The normalized spacial score (nSPS) is 11.2. The largest absolute Gasteiger partial charge is 0.488 e. The molecule has 4 aromatic heterocycles. The third-order valence-corrected chi connectivity index (χ3v) is 28.3. The van der Waals surface area contributed by atoms with Crippen LogP contribution in [0.25, 0.3) is 245 Å². The number of para-hydroxylation sites is 2. The molecular weight excluding hydrogens is 1840 g/mol. The van der Waals surface area contributed by atoms with Crippen molar-refractivity contribution in [3.8, 4) is 201 Å². The molecule has 10 heteroatoms. The molecule has 0 spiro atoms. The molecule has 150 heavy (non-hydrogen) atoms. The number of nitrogens with zero attached hydrogens (tertiary/aromatic N) is 6. The Morgan fingerprint density at radius 1 is 0.153 bits per heavy atom. The summed E-state index contributed by atoms with van der Waals surface area (Å²) in [6, 6.07) is 201. The summed E-state index contributed by atoms with van der Waals surface area (Å²) in [4.78, 5) is 19.6. The highest BCUT2D eigenvalue weighted by atomic mass is 35.5. The molecule has 0 fully saturated rings. The van der Waals surface area contributed by atoms with Crippen LogP contribution in [-0.2, 0) is 0 Å². The topological polar surface area (TPSA) is 102 Å². The lowest BCUT2D eigenvalue weighted by atomic mass is 9.81. The first-order valence-electron chi connectivity index (χ1n) is 50.5. The summed E-state index contributed by atoms with van der Waals surface area (Å²) in [5, 5.41) is 22.3. The van der Waals surface area contributed by atoms with Crippen molar-refractivity contribution in [1.82, 2.24) is 29.1 Å². The van der Waals surface area contributed by atoms with Crippen LogP contribution in [0.5, 0.6) is 0 Å². The zero-order chi connectivity index (χ0) is 101. The van der Waals surface area contributed by atoms with Crippen LogP contribution in [0.4, 0.5) is 0 Å². The van der Waals surface area contributed by atoms with E-state index in [1.54, 1.807) is 24.3 Å². The lowest BCUT2D eigenvalue weighted by Crippen LogP contribution is -2.29.